The normalized spacial score (nSPS) is 10.2. The molecule has 0 saturated heterocycles. The van der Waals surface area contributed by atoms with Gasteiger partial charge in [0.25, 0.3) is 0 Å². The fourth-order valence-corrected chi connectivity index (χ4v) is 2.01. The van der Waals surface area contributed by atoms with Gasteiger partial charge in [0.1, 0.15) is 5.75 Å². The van der Waals surface area contributed by atoms with Crippen LogP contribution in [0.25, 0.3) is 0 Å². The van der Waals surface area contributed by atoms with Crippen molar-refractivity contribution in [1.29, 1.82) is 0 Å². The molecule has 0 bridgehead atoms. The van der Waals surface area contributed by atoms with Gasteiger partial charge in [0.15, 0.2) is 0 Å². The zero-order valence-corrected chi connectivity index (χ0v) is 9.94. The predicted molar refractivity (Wildman–Crippen MR) is 60.2 cm³/mol. The van der Waals surface area contributed by atoms with Crippen molar-refractivity contribution in [1.82, 2.24) is 0 Å². The molecule has 4 heteroatoms. The molecule has 14 heavy (non-hydrogen) atoms. The average Bonchev–Trinajstić information content (AvgIpc) is 2.18. The Balaban J connectivity index is 2.70. The van der Waals surface area contributed by atoms with Gasteiger partial charge in [-0.3, -0.25) is 4.39 Å². The lowest BCUT2D eigenvalue weighted by Crippen LogP contribution is -2.00. The quantitative estimate of drug-likeness (QED) is 0.586. The van der Waals surface area contributed by atoms with Crippen LogP contribution < -0.4 is 4.74 Å². The van der Waals surface area contributed by atoms with Gasteiger partial charge in [-0.1, -0.05) is 33.6 Å². The van der Waals surface area contributed by atoms with Gasteiger partial charge < -0.3 is 4.74 Å². The molecule has 1 aromatic carbocycles. The smallest absolute Gasteiger partial charge is 0.124 e. The molecule has 0 N–H and O–H groups in total. The molecule has 1 aromatic rings. The first-order chi connectivity index (χ1) is 6.79. The molecule has 1 nitrogen and oxygen atoms in total. The van der Waals surface area contributed by atoms with E-state index in [1.807, 2.05) is 12.1 Å². The first-order valence-corrected chi connectivity index (χ1v) is 5.81. The molecule has 0 aromatic heterocycles. The predicted octanol–water partition coefficient (Wildman–Crippen LogP) is 3.97. The van der Waals surface area contributed by atoms with Crippen LogP contribution in [0.5, 0.6) is 5.75 Å². The summed E-state index contributed by atoms with van der Waals surface area (Å²) in [6.45, 7) is 0.0288. The number of alkyl halides is 2. The number of ether oxygens (including phenoxy) is 1. The van der Waals surface area contributed by atoms with Gasteiger partial charge >= 0.3 is 0 Å². The van der Waals surface area contributed by atoms with Crippen molar-refractivity contribution >= 4 is 27.5 Å². The highest BCUT2D eigenvalue weighted by molar-refractivity contribution is 9.08. The highest BCUT2D eigenvalue weighted by atomic mass is 79.9. The van der Waals surface area contributed by atoms with E-state index in [1.165, 1.54) is 0 Å². The average molecular weight is 282 g/mol. The molecule has 1 rings (SSSR count). The van der Waals surface area contributed by atoms with Crippen LogP contribution in [0.4, 0.5) is 4.39 Å². The Morgan fingerprint density at radius 2 is 2.21 bits per heavy atom. The second-order valence-electron chi connectivity index (χ2n) is 2.74. The summed E-state index contributed by atoms with van der Waals surface area (Å²) in [5, 5.41) is 1.30. The summed E-state index contributed by atoms with van der Waals surface area (Å²) < 4.78 is 17.2. The summed E-state index contributed by atoms with van der Waals surface area (Å²) in [5.41, 5.74) is 0.910. The minimum Gasteiger partial charge on any atom is -0.493 e. The maximum atomic E-state index is 11.8. The van der Waals surface area contributed by atoms with Crippen LogP contribution in [0.1, 0.15) is 12.0 Å². The molecule has 0 aliphatic heterocycles. The third kappa shape index (κ3) is 3.14. The molecule has 78 valence electrons. The SMILES string of the molecule is FCCCOc1cccc(Cl)c1CBr. The Morgan fingerprint density at radius 1 is 1.43 bits per heavy atom. The number of halogens is 3. The second kappa shape index (κ2) is 6.25. The molecule has 0 heterocycles. The molecular formula is C10H11BrClFO. The first kappa shape index (κ1) is 11.8. The maximum absolute atomic E-state index is 11.8. The van der Waals surface area contributed by atoms with Crippen molar-refractivity contribution in [3.63, 3.8) is 0 Å². The second-order valence-corrected chi connectivity index (χ2v) is 3.71. The fraction of sp³-hybridized carbons (Fsp3) is 0.400. The topological polar surface area (TPSA) is 9.23 Å². The Bertz CT molecular complexity index is 293. The van der Waals surface area contributed by atoms with Crippen LogP contribution in [0.15, 0.2) is 18.2 Å². The van der Waals surface area contributed by atoms with E-state index in [-0.39, 0.29) is 6.67 Å². The molecule has 0 aliphatic carbocycles. The van der Waals surface area contributed by atoms with Crippen LogP contribution >= 0.6 is 27.5 Å². The lowest BCUT2D eigenvalue weighted by molar-refractivity contribution is 0.288. The Morgan fingerprint density at radius 3 is 2.86 bits per heavy atom. The number of rotatable bonds is 5. The van der Waals surface area contributed by atoms with Crippen molar-refractivity contribution in [2.75, 3.05) is 13.3 Å². The lowest BCUT2D eigenvalue weighted by Gasteiger charge is -2.10. The van der Waals surface area contributed by atoms with Gasteiger partial charge in [0.05, 0.1) is 13.3 Å². The van der Waals surface area contributed by atoms with E-state index in [0.29, 0.717) is 23.4 Å². The standard InChI is InChI=1S/C10H11BrClFO/c11-7-8-9(12)3-1-4-10(8)14-6-2-5-13/h1,3-4H,2,5-7H2. The number of hydrogen-bond acceptors (Lipinski definition) is 1. The van der Waals surface area contributed by atoms with Gasteiger partial charge in [-0.25, -0.2) is 0 Å². The summed E-state index contributed by atoms with van der Waals surface area (Å²) in [7, 11) is 0. The van der Waals surface area contributed by atoms with E-state index in [9.17, 15) is 4.39 Å². The largest absolute Gasteiger partial charge is 0.493 e. The third-order valence-corrected chi connectivity index (χ3v) is 2.66. The van der Waals surface area contributed by atoms with E-state index in [0.717, 1.165) is 11.3 Å². The van der Waals surface area contributed by atoms with Gasteiger partial charge in [-0.2, -0.15) is 0 Å². The van der Waals surface area contributed by atoms with E-state index in [1.54, 1.807) is 6.07 Å². The van der Waals surface area contributed by atoms with Gasteiger partial charge in [0.2, 0.25) is 0 Å². The monoisotopic (exact) mass is 280 g/mol. The Hall–Kier alpha value is -0.280. The van der Waals surface area contributed by atoms with Crippen molar-refractivity contribution in [3.8, 4) is 5.75 Å². The van der Waals surface area contributed by atoms with E-state index >= 15 is 0 Å². The van der Waals surface area contributed by atoms with E-state index < -0.39 is 0 Å². The summed E-state index contributed by atoms with van der Waals surface area (Å²) >= 11 is 9.29. The van der Waals surface area contributed by atoms with Crippen molar-refractivity contribution < 1.29 is 9.13 Å². The maximum Gasteiger partial charge on any atom is 0.124 e. The number of hydrogen-bond donors (Lipinski definition) is 0. The summed E-state index contributed by atoms with van der Waals surface area (Å²) in [6, 6.07) is 5.46. The molecule has 0 aliphatic rings. The zero-order chi connectivity index (χ0) is 10.4. The zero-order valence-electron chi connectivity index (χ0n) is 7.60. The minimum atomic E-state index is -0.357. The highest BCUT2D eigenvalue weighted by Gasteiger charge is 2.06. The highest BCUT2D eigenvalue weighted by Crippen LogP contribution is 2.28. The van der Waals surface area contributed by atoms with E-state index in [4.69, 9.17) is 16.3 Å². The van der Waals surface area contributed by atoms with Crippen molar-refractivity contribution in [2.24, 2.45) is 0 Å². The van der Waals surface area contributed by atoms with Gasteiger partial charge in [-0.05, 0) is 12.1 Å². The molecule has 0 amide bonds. The lowest BCUT2D eigenvalue weighted by atomic mass is 10.2. The Kier molecular flexibility index (Phi) is 5.26. The summed E-state index contributed by atoms with van der Waals surface area (Å²) in [4.78, 5) is 0. The molecule has 0 spiro atoms. The molecule has 0 fully saturated rings. The van der Waals surface area contributed by atoms with Crippen molar-refractivity contribution in [2.45, 2.75) is 11.8 Å². The van der Waals surface area contributed by atoms with Crippen LogP contribution in [0, 0.1) is 0 Å². The first-order valence-electron chi connectivity index (χ1n) is 4.31. The van der Waals surface area contributed by atoms with Crippen LogP contribution in [0.2, 0.25) is 5.02 Å². The summed E-state index contributed by atoms with van der Waals surface area (Å²) in [5.74, 6) is 0.725. The molecular weight excluding hydrogens is 270 g/mol. The van der Waals surface area contributed by atoms with Gasteiger partial charge in [-0.15, -0.1) is 0 Å². The van der Waals surface area contributed by atoms with Crippen molar-refractivity contribution in [3.05, 3.63) is 28.8 Å². The van der Waals surface area contributed by atoms with Crippen LogP contribution in [-0.4, -0.2) is 13.3 Å². The van der Waals surface area contributed by atoms with Crippen LogP contribution in [0.3, 0.4) is 0 Å². The fourth-order valence-electron chi connectivity index (χ4n) is 1.04. The Labute approximate surface area is 96.3 Å². The van der Waals surface area contributed by atoms with Gasteiger partial charge in [0, 0.05) is 22.3 Å². The minimum absolute atomic E-state index is 0.357. The number of benzene rings is 1. The molecule has 0 radical (unpaired) electrons. The van der Waals surface area contributed by atoms with Crippen LogP contribution in [-0.2, 0) is 5.33 Å². The summed E-state index contributed by atoms with van der Waals surface area (Å²) in [6.07, 6.45) is 0.411. The molecule has 0 saturated carbocycles. The van der Waals surface area contributed by atoms with E-state index in [2.05, 4.69) is 15.9 Å². The third-order valence-electron chi connectivity index (χ3n) is 1.75. The molecule has 0 unspecified atom stereocenters. The molecule has 0 atom stereocenters.